The first-order valence-electron chi connectivity index (χ1n) is 8.79. The molecule has 0 aliphatic carbocycles. The first kappa shape index (κ1) is 19.1. The number of fused-ring (bicyclic) bond motifs is 1. The lowest BCUT2D eigenvalue weighted by Crippen LogP contribution is -2.23. The van der Waals surface area contributed by atoms with Gasteiger partial charge in [-0.15, -0.1) is 0 Å². The summed E-state index contributed by atoms with van der Waals surface area (Å²) in [5.74, 6) is 0.0715. The van der Waals surface area contributed by atoms with Gasteiger partial charge < -0.3 is 8.94 Å². The van der Waals surface area contributed by atoms with Crippen molar-refractivity contribution in [1.29, 1.82) is 0 Å². The number of aryl methyl sites for hydroxylation is 2. The van der Waals surface area contributed by atoms with Gasteiger partial charge in [0.15, 0.2) is 11.4 Å². The van der Waals surface area contributed by atoms with E-state index in [2.05, 4.69) is 14.9 Å². The largest absolute Gasteiger partial charge is 0.420 e. The number of hydrogen-bond acceptors (Lipinski definition) is 7. The molecule has 0 unspecified atom stereocenters. The molecule has 1 N–H and O–H groups in total. The molecule has 0 fully saturated rings. The molecular weight excluding hydrogens is 396 g/mol. The molecule has 0 saturated carbocycles. The molecule has 0 bridgehead atoms. The normalized spacial score (nSPS) is 11.9. The molecule has 0 amide bonds. The summed E-state index contributed by atoms with van der Waals surface area (Å²) in [6.45, 7) is 3.82. The van der Waals surface area contributed by atoms with Crippen LogP contribution in [0.1, 0.15) is 22.8 Å². The fourth-order valence-electron chi connectivity index (χ4n) is 2.88. The third-order valence-corrected chi connectivity index (χ3v) is 5.81. The Morgan fingerprint density at radius 2 is 1.86 bits per heavy atom. The van der Waals surface area contributed by atoms with Crippen molar-refractivity contribution in [2.24, 2.45) is 0 Å². The van der Waals surface area contributed by atoms with Gasteiger partial charge in [0.05, 0.1) is 17.0 Å². The molecule has 0 radical (unpaired) electrons. The number of benzene rings is 2. The van der Waals surface area contributed by atoms with E-state index >= 15 is 0 Å². The molecule has 9 nitrogen and oxygen atoms in total. The Labute approximate surface area is 166 Å². The molecule has 2 aromatic heterocycles. The monoisotopic (exact) mass is 414 g/mol. The zero-order valence-corrected chi connectivity index (χ0v) is 16.6. The number of sulfonamides is 1. The molecule has 29 heavy (non-hydrogen) atoms. The number of hydrogen-bond donors (Lipinski definition) is 1. The van der Waals surface area contributed by atoms with Crippen LogP contribution < -0.4 is 10.5 Å². The van der Waals surface area contributed by atoms with Crippen LogP contribution in [0.4, 0.5) is 0 Å². The van der Waals surface area contributed by atoms with Gasteiger partial charge in [-0.05, 0) is 24.6 Å². The maximum atomic E-state index is 12.6. The average molecular weight is 414 g/mol. The van der Waals surface area contributed by atoms with Crippen LogP contribution in [-0.4, -0.2) is 23.1 Å². The van der Waals surface area contributed by atoms with E-state index in [0.29, 0.717) is 17.2 Å². The third kappa shape index (κ3) is 3.98. The molecule has 0 aliphatic heterocycles. The van der Waals surface area contributed by atoms with Gasteiger partial charge in [-0.3, -0.25) is 4.57 Å². The second kappa shape index (κ2) is 7.30. The predicted molar refractivity (Wildman–Crippen MR) is 104 cm³/mol. The Hall–Kier alpha value is -3.24. The van der Waals surface area contributed by atoms with E-state index in [9.17, 15) is 13.2 Å². The quantitative estimate of drug-likeness (QED) is 0.513. The lowest BCUT2D eigenvalue weighted by atomic mass is 10.2. The molecule has 0 aliphatic rings. The molecule has 4 aromatic rings. The summed E-state index contributed by atoms with van der Waals surface area (Å²) in [6.07, 6.45) is 0. The molecule has 0 atom stereocenters. The maximum absolute atomic E-state index is 12.6. The predicted octanol–water partition coefficient (Wildman–Crippen LogP) is 2.12. The van der Waals surface area contributed by atoms with E-state index in [0.717, 1.165) is 11.1 Å². The van der Waals surface area contributed by atoms with Crippen molar-refractivity contribution < 1.29 is 17.4 Å². The van der Waals surface area contributed by atoms with Gasteiger partial charge in [-0.2, -0.15) is 4.98 Å². The van der Waals surface area contributed by atoms with Crippen molar-refractivity contribution in [1.82, 2.24) is 19.4 Å². The van der Waals surface area contributed by atoms with Gasteiger partial charge in [0.2, 0.25) is 15.9 Å². The third-order valence-electron chi connectivity index (χ3n) is 4.41. The van der Waals surface area contributed by atoms with Crippen molar-refractivity contribution in [2.45, 2.75) is 31.8 Å². The van der Waals surface area contributed by atoms with Crippen molar-refractivity contribution in [3.05, 3.63) is 75.9 Å². The van der Waals surface area contributed by atoms with E-state index in [1.54, 1.807) is 6.92 Å². The van der Waals surface area contributed by atoms with Crippen LogP contribution in [0.3, 0.4) is 0 Å². The first-order chi connectivity index (χ1) is 13.8. The van der Waals surface area contributed by atoms with E-state index in [-0.39, 0.29) is 23.6 Å². The molecule has 4 rings (SSSR count). The first-order valence-corrected chi connectivity index (χ1v) is 10.3. The van der Waals surface area contributed by atoms with Crippen molar-refractivity contribution in [3.63, 3.8) is 0 Å². The molecule has 0 spiro atoms. The number of nitrogens with one attached hydrogen (secondary N) is 1. The van der Waals surface area contributed by atoms with Crippen LogP contribution in [0.2, 0.25) is 0 Å². The topological polar surface area (TPSA) is 120 Å². The Kier molecular flexibility index (Phi) is 4.81. The fourth-order valence-corrected chi connectivity index (χ4v) is 3.91. The van der Waals surface area contributed by atoms with E-state index in [1.165, 1.54) is 22.8 Å². The molecule has 10 heteroatoms. The minimum Gasteiger partial charge on any atom is -0.408 e. The van der Waals surface area contributed by atoms with Crippen LogP contribution >= 0.6 is 0 Å². The van der Waals surface area contributed by atoms with Crippen LogP contribution in [0.25, 0.3) is 11.1 Å². The Bertz CT molecular complexity index is 1330. The Morgan fingerprint density at radius 1 is 1.10 bits per heavy atom. The molecule has 2 heterocycles. The summed E-state index contributed by atoms with van der Waals surface area (Å²) in [7, 11) is -3.78. The second-order valence-corrected chi connectivity index (χ2v) is 8.39. The molecular formula is C19H18N4O5S. The number of aromatic nitrogens is 3. The summed E-state index contributed by atoms with van der Waals surface area (Å²) >= 11 is 0. The fraction of sp³-hybridized carbons (Fsp3) is 0.211. The van der Waals surface area contributed by atoms with Gasteiger partial charge >= 0.3 is 5.76 Å². The molecule has 0 saturated heterocycles. The SMILES string of the molecule is Cc1ccc(CNS(=O)(=O)c2ccc3c(c2)oc(=O)n3Cc2noc(C)n2)cc1. The van der Waals surface area contributed by atoms with Gasteiger partial charge in [-0.1, -0.05) is 35.0 Å². The van der Waals surface area contributed by atoms with Crippen LogP contribution in [0.5, 0.6) is 0 Å². The van der Waals surface area contributed by atoms with E-state index < -0.39 is 15.8 Å². The van der Waals surface area contributed by atoms with Crippen molar-refractivity contribution in [3.8, 4) is 0 Å². The summed E-state index contributed by atoms with van der Waals surface area (Å²) in [4.78, 5) is 16.3. The highest BCUT2D eigenvalue weighted by molar-refractivity contribution is 7.89. The van der Waals surface area contributed by atoms with E-state index in [4.69, 9.17) is 8.94 Å². The smallest absolute Gasteiger partial charge is 0.408 e. The number of nitrogens with zero attached hydrogens (tertiary/aromatic N) is 3. The average Bonchev–Trinajstić information content (AvgIpc) is 3.24. The van der Waals surface area contributed by atoms with Crippen LogP contribution in [0, 0.1) is 13.8 Å². The minimum atomic E-state index is -3.78. The van der Waals surface area contributed by atoms with Gasteiger partial charge in [-0.25, -0.2) is 17.9 Å². The summed E-state index contributed by atoms with van der Waals surface area (Å²) in [6, 6.07) is 11.8. The lowest BCUT2D eigenvalue weighted by molar-refractivity contribution is 0.385. The highest BCUT2D eigenvalue weighted by Gasteiger charge is 2.18. The van der Waals surface area contributed by atoms with Crippen LogP contribution in [0.15, 0.2) is 61.1 Å². The maximum Gasteiger partial charge on any atom is 0.420 e. The van der Waals surface area contributed by atoms with Gasteiger partial charge in [0.25, 0.3) is 0 Å². The number of rotatable bonds is 6. The van der Waals surface area contributed by atoms with Crippen molar-refractivity contribution in [2.75, 3.05) is 0 Å². The summed E-state index contributed by atoms with van der Waals surface area (Å²) in [5, 5.41) is 3.76. The number of oxazole rings is 1. The van der Waals surface area contributed by atoms with Gasteiger partial charge in [0, 0.05) is 19.5 Å². The van der Waals surface area contributed by atoms with Crippen LogP contribution in [-0.2, 0) is 23.1 Å². The second-order valence-electron chi connectivity index (χ2n) is 6.62. The standard InChI is InChI=1S/C19H18N4O5S/c1-12-3-5-14(6-4-12)10-20-29(25,26)15-7-8-16-17(9-15)27-19(24)23(16)11-18-21-13(2)28-22-18/h3-9,20H,10-11H2,1-2H3. The Morgan fingerprint density at radius 3 is 2.55 bits per heavy atom. The summed E-state index contributed by atoms with van der Waals surface area (Å²) in [5.41, 5.74) is 2.54. The Balaban J connectivity index is 1.59. The zero-order chi connectivity index (χ0) is 20.6. The lowest BCUT2D eigenvalue weighted by Gasteiger charge is -2.07. The minimum absolute atomic E-state index is 0.00779. The molecule has 2 aromatic carbocycles. The summed E-state index contributed by atoms with van der Waals surface area (Å²) < 4.78 is 39.3. The zero-order valence-electron chi connectivity index (χ0n) is 15.7. The highest BCUT2D eigenvalue weighted by Crippen LogP contribution is 2.19. The van der Waals surface area contributed by atoms with Gasteiger partial charge in [0.1, 0.15) is 0 Å². The van der Waals surface area contributed by atoms with E-state index in [1.807, 2.05) is 31.2 Å². The molecule has 150 valence electrons. The van der Waals surface area contributed by atoms with Crippen molar-refractivity contribution >= 4 is 21.1 Å². The highest BCUT2D eigenvalue weighted by atomic mass is 32.2.